The van der Waals surface area contributed by atoms with Crippen LogP contribution in [0.3, 0.4) is 0 Å². The summed E-state index contributed by atoms with van der Waals surface area (Å²) in [7, 11) is 0. The summed E-state index contributed by atoms with van der Waals surface area (Å²) in [6.07, 6.45) is 0. The van der Waals surface area contributed by atoms with Crippen LogP contribution in [0, 0.1) is 0 Å². The molecule has 0 unspecified atom stereocenters. The second-order valence-electron chi connectivity index (χ2n) is 3.02. The molecule has 2 aromatic rings. The predicted molar refractivity (Wildman–Crippen MR) is 74.9 cm³/mol. The Labute approximate surface area is 127 Å². The predicted octanol–water partition coefficient (Wildman–Crippen LogP) is 4.26. The van der Waals surface area contributed by atoms with Crippen molar-refractivity contribution in [2.24, 2.45) is 0 Å². The average molecular weight is 412 g/mol. The maximum atomic E-state index is 11.5. The normalized spacial score (nSPS) is 10.1. The number of carbonyl (C=O) groups is 2. The maximum absolute atomic E-state index is 11.5. The summed E-state index contributed by atoms with van der Waals surface area (Å²) >= 11 is 9.11. The molecule has 0 aliphatic heterocycles. The van der Waals surface area contributed by atoms with Crippen LogP contribution in [0.25, 0.3) is 0 Å². The zero-order chi connectivity index (χ0) is 13.1. The van der Waals surface area contributed by atoms with Crippen molar-refractivity contribution < 1.29 is 19.4 Å². The molecule has 18 heavy (non-hydrogen) atoms. The van der Waals surface area contributed by atoms with Crippen LogP contribution in [0.2, 0.25) is 0 Å². The van der Waals surface area contributed by atoms with Crippen molar-refractivity contribution in [3.63, 3.8) is 0 Å². The lowest BCUT2D eigenvalue weighted by Gasteiger charge is -1.99. The lowest BCUT2D eigenvalue weighted by molar-refractivity contribution is -0.187. The van der Waals surface area contributed by atoms with Gasteiger partial charge in [0.2, 0.25) is 0 Å². The molecule has 2 heterocycles. The molecule has 2 aromatic heterocycles. The molecule has 2 rings (SSSR count). The summed E-state index contributed by atoms with van der Waals surface area (Å²) in [5.41, 5.74) is 0.650. The van der Waals surface area contributed by atoms with Gasteiger partial charge in [-0.15, -0.1) is 22.7 Å². The van der Waals surface area contributed by atoms with Crippen LogP contribution < -0.4 is 0 Å². The molecule has 0 N–H and O–H groups in total. The second-order valence-corrected chi connectivity index (χ2v) is 7.60. The van der Waals surface area contributed by atoms with Crippen LogP contribution >= 0.6 is 54.5 Å². The van der Waals surface area contributed by atoms with E-state index in [2.05, 4.69) is 41.6 Å². The fourth-order valence-corrected chi connectivity index (χ4v) is 3.26. The SMILES string of the molecule is O=C(OOC(=O)c1csc(Br)c1)c1csc(Br)c1. The summed E-state index contributed by atoms with van der Waals surface area (Å²) in [6.45, 7) is 0. The Morgan fingerprint density at radius 3 is 1.56 bits per heavy atom. The number of hydrogen-bond acceptors (Lipinski definition) is 6. The van der Waals surface area contributed by atoms with E-state index in [9.17, 15) is 9.59 Å². The molecule has 0 bridgehead atoms. The van der Waals surface area contributed by atoms with Crippen LogP contribution in [0.5, 0.6) is 0 Å². The van der Waals surface area contributed by atoms with Gasteiger partial charge in [0.15, 0.2) is 0 Å². The lowest BCUT2D eigenvalue weighted by Crippen LogP contribution is -2.10. The zero-order valence-corrected chi connectivity index (χ0v) is 13.3. The fourth-order valence-electron chi connectivity index (χ4n) is 1.01. The van der Waals surface area contributed by atoms with Gasteiger partial charge in [0.25, 0.3) is 0 Å². The number of hydrogen-bond donors (Lipinski definition) is 0. The molecule has 0 aromatic carbocycles. The van der Waals surface area contributed by atoms with Gasteiger partial charge in [0, 0.05) is 10.8 Å². The highest BCUT2D eigenvalue weighted by Gasteiger charge is 2.16. The number of thiophene rings is 2. The Morgan fingerprint density at radius 2 is 1.28 bits per heavy atom. The van der Waals surface area contributed by atoms with Gasteiger partial charge in [-0.25, -0.2) is 19.4 Å². The van der Waals surface area contributed by atoms with E-state index >= 15 is 0 Å². The molecule has 0 radical (unpaired) electrons. The molecule has 0 fully saturated rings. The van der Waals surface area contributed by atoms with Crippen LogP contribution in [0.1, 0.15) is 20.7 Å². The van der Waals surface area contributed by atoms with Gasteiger partial charge < -0.3 is 0 Å². The standard InChI is InChI=1S/C10H4Br2O4S2/c11-7-1-5(3-17-7)9(13)15-16-10(14)6-2-8(12)18-4-6/h1-4H. The van der Waals surface area contributed by atoms with E-state index in [0.29, 0.717) is 11.1 Å². The monoisotopic (exact) mass is 410 g/mol. The lowest BCUT2D eigenvalue weighted by atomic mass is 10.3. The summed E-state index contributed by atoms with van der Waals surface area (Å²) < 4.78 is 1.59. The van der Waals surface area contributed by atoms with Gasteiger partial charge in [-0.2, -0.15) is 0 Å². The Hall–Kier alpha value is -0.700. The molecule has 0 atom stereocenters. The second kappa shape index (κ2) is 5.96. The third-order valence-corrected chi connectivity index (χ3v) is 4.81. The van der Waals surface area contributed by atoms with E-state index in [4.69, 9.17) is 0 Å². The molecule has 0 aliphatic rings. The highest BCUT2D eigenvalue weighted by molar-refractivity contribution is 9.11. The molecule has 0 spiro atoms. The van der Waals surface area contributed by atoms with Crippen molar-refractivity contribution in [2.45, 2.75) is 0 Å². The smallest absolute Gasteiger partial charge is 0.241 e. The third kappa shape index (κ3) is 3.41. The third-order valence-electron chi connectivity index (χ3n) is 1.80. The molecular weight excluding hydrogens is 408 g/mol. The summed E-state index contributed by atoms with van der Waals surface area (Å²) in [6, 6.07) is 3.17. The van der Waals surface area contributed by atoms with Crippen molar-refractivity contribution in [1.82, 2.24) is 0 Å². The first kappa shape index (κ1) is 13.7. The largest absolute Gasteiger partial charge is 0.387 e. The van der Waals surface area contributed by atoms with Crippen LogP contribution in [0.4, 0.5) is 0 Å². The first-order valence-corrected chi connectivity index (χ1v) is 7.82. The Balaban J connectivity index is 1.92. The van der Waals surface area contributed by atoms with E-state index in [1.165, 1.54) is 22.7 Å². The minimum absolute atomic E-state index is 0.325. The van der Waals surface area contributed by atoms with E-state index in [1.54, 1.807) is 22.9 Å². The van der Waals surface area contributed by atoms with E-state index in [-0.39, 0.29) is 0 Å². The topological polar surface area (TPSA) is 52.6 Å². The highest BCUT2D eigenvalue weighted by Crippen LogP contribution is 2.22. The van der Waals surface area contributed by atoms with Gasteiger partial charge in [-0.05, 0) is 44.0 Å². The average Bonchev–Trinajstić information content (AvgIpc) is 2.94. The molecule has 0 amide bonds. The molecule has 8 heteroatoms. The number of rotatable bonds is 2. The minimum Gasteiger partial charge on any atom is -0.241 e. The first-order valence-electron chi connectivity index (χ1n) is 4.47. The van der Waals surface area contributed by atoms with Crippen molar-refractivity contribution in [3.05, 3.63) is 41.6 Å². The summed E-state index contributed by atoms with van der Waals surface area (Å²) in [4.78, 5) is 31.9. The van der Waals surface area contributed by atoms with E-state index in [1.807, 2.05) is 0 Å². The van der Waals surface area contributed by atoms with Gasteiger partial charge >= 0.3 is 11.9 Å². The minimum atomic E-state index is -0.709. The van der Waals surface area contributed by atoms with Gasteiger partial charge in [0.05, 0.1) is 18.7 Å². The summed E-state index contributed by atoms with van der Waals surface area (Å²) in [5.74, 6) is -1.42. The number of halogens is 2. The Morgan fingerprint density at radius 1 is 0.889 bits per heavy atom. The molecule has 0 saturated carbocycles. The van der Waals surface area contributed by atoms with Crippen molar-refractivity contribution in [2.75, 3.05) is 0 Å². The van der Waals surface area contributed by atoms with E-state index in [0.717, 1.165) is 7.57 Å². The fraction of sp³-hybridized carbons (Fsp3) is 0. The molecule has 4 nitrogen and oxygen atoms in total. The zero-order valence-electron chi connectivity index (χ0n) is 8.51. The van der Waals surface area contributed by atoms with Crippen LogP contribution in [-0.4, -0.2) is 11.9 Å². The van der Waals surface area contributed by atoms with Gasteiger partial charge in [-0.3, -0.25) is 0 Å². The quantitative estimate of drug-likeness (QED) is 0.547. The van der Waals surface area contributed by atoms with Crippen LogP contribution in [0.15, 0.2) is 30.5 Å². The van der Waals surface area contributed by atoms with Crippen LogP contribution in [-0.2, 0) is 9.78 Å². The molecule has 94 valence electrons. The molecule has 0 aliphatic carbocycles. The Kier molecular flexibility index (Phi) is 4.55. The Bertz CT molecular complexity index is 538. The summed E-state index contributed by atoms with van der Waals surface area (Å²) in [5, 5.41) is 3.20. The molecular formula is C10H4Br2O4S2. The van der Waals surface area contributed by atoms with Crippen molar-refractivity contribution in [3.8, 4) is 0 Å². The molecule has 0 saturated heterocycles. The van der Waals surface area contributed by atoms with Gasteiger partial charge in [-0.1, -0.05) is 0 Å². The van der Waals surface area contributed by atoms with E-state index < -0.39 is 11.9 Å². The van der Waals surface area contributed by atoms with Gasteiger partial charge in [0.1, 0.15) is 0 Å². The van der Waals surface area contributed by atoms with Crippen molar-refractivity contribution >= 4 is 66.5 Å². The first-order chi connectivity index (χ1) is 8.56. The van der Waals surface area contributed by atoms with Crippen molar-refractivity contribution in [1.29, 1.82) is 0 Å². The highest BCUT2D eigenvalue weighted by atomic mass is 79.9. The maximum Gasteiger partial charge on any atom is 0.387 e. The number of carbonyl (C=O) groups excluding carboxylic acids is 2.